The van der Waals surface area contributed by atoms with Gasteiger partial charge in [0.25, 0.3) is 0 Å². The average Bonchev–Trinajstić information content (AvgIpc) is 3.38. The molecule has 1 aliphatic heterocycles. The minimum Gasteiger partial charge on any atom is -0.618 e. The number of nitrogens with zero attached hydrogens (tertiary/aromatic N) is 5. The van der Waals surface area contributed by atoms with E-state index in [4.69, 9.17) is 9.26 Å². The number of aromatic nitrogens is 5. The van der Waals surface area contributed by atoms with Crippen molar-refractivity contribution in [3.8, 4) is 11.5 Å². The van der Waals surface area contributed by atoms with Crippen molar-refractivity contribution < 1.29 is 14.0 Å². The smallest absolute Gasteiger partial charge is 0.241 e. The third-order valence-electron chi connectivity index (χ3n) is 4.71. The fraction of sp³-hybridized carbons (Fsp3) is 0.294. The Morgan fingerprint density at radius 1 is 1.32 bits per heavy atom. The first-order valence-electron chi connectivity index (χ1n) is 8.13. The van der Waals surface area contributed by atoms with Gasteiger partial charge < -0.3 is 14.5 Å². The first-order chi connectivity index (χ1) is 12.2. The summed E-state index contributed by atoms with van der Waals surface area (Å²) in [6.07, 6.45) is 2.56. The molecule has 1 atom stereocenters. The largest absolute Gasteiger partial charge is 0.618 e. The van der Waals surface area contributed by atoms with E-state index >= 15 is 0 Å². The molecule has 25 heavy (non-hydrogen) atoms. The Hall–Kier alpha value is -3.00. The van der Waals surface area contributed by atoms with Crippen molar-refractivity contribution in [1.82, 2.24) is 19.5 Å². The van der Waals surface area contributed by atoms with Gasteiger partial charge in [-0.1, -0.05) is 17.3 Å². The van der Waals surface area contributed by atoms with Crippen LogP contribution < -0.4 is 4.73 Å². The van der Waals surface area contributed by atoms with Gasteiger partial charge in [0, 0.05) is 19.6 Å². The molecular weight excluding hydrogens is 322 g/mol. The SMILES string of the molecule is Cc1c2c(-c3noc(C4CCOC4)n3)ncn2c2ccccc2[n+]1[O-]. The van der Waals surface area contributed by atoms with E-state index < -0.39 is 0 Å². The lowest BCUT2D eigenvalue weighted by Gasteiger charge is -2.08. The van der Waals surface area contributed by atoms with Crippen LogP contribution in [0.25, 0.3) is 28.1 Å². The van der Waals surface area contributed by atoms with Gasteiger partial charge in [0.05, 0.1) is 12.5 Å². The molecule has 1 aromatic carbocycles. The first kappa shape index (κ1) is 14.4. The van der Waals surface area contributed by atoms with Gasteiger partial charge in [0.1, 0.15) is 23.1 Å². The van der Waals surface area contributed by atoms with Gasteiger partial charge in [-0.3, -0.25) is 4.40 Å². The quantitative estimate of drug-likeness (QED) is 0.410. The second-order valence-corrected chi connectivity index (χ2v) is 6.20. The van der Waals surface area contributed by atoms with Gasteiger partial charge >= 0.3 is 0 Å². The van der Waals surface area contributed by atoms with Crippen LogP contribution in [0.3, 0.4) is 0 Å². The molecule has 0 saturated carbocycles. The summed E-state index contributed by atoms with van der Waals surface area (Å²) in [6.45, 7) is 3.07. The van der Waals surface area contributed by atoms with Crippen LogP contribution in [0.4, 0.5) is 0 Å². The topological polar surface area (TPSA) is 92.4 Å². The molecule has 0 amide bonds. The standard InChI is InChI=1S/C17H15N5O3/c1-10-15-14(16-19-17(25-20-16)11-6-7-24-8-11)18-9-21(15)12-4-2-3-5-13(12)22(10)23/h2-5,9,11H,6-8H2,1H3. The van der Waals surface area contributed by atoms with Crippen molar-refractivity contribution in [2.24, 2.45) is 0 Å². The molecule has 1 fully saturated rings. The normalized spacial score (nSPS) is 17.7. The fourth-order valence-corrected chi connectivity index (χ4v) is 3.38. The first-order valence-corrected chi connectivity index (χ1v) is 8.13. The number of para-hydroxylation sites is 2. The van der Waals surface area contributed by atoms with Crippen LogP contribution in [-0.2, 0) is 4.74 Å². The van der Waals surface area contributed by atoms with Crippen molar-refractivity contribution in [3.05, 3.63) is 47.4 Å². The molecule has 126 valence electrons. The highest BCUT2D eigenvalue weighted by Crippen LogP contribution is 2.28. The molecule has 0 N–H and O–H groups in total. The molecule has 8 heteroatoms. The lowest BCUT2D eigenvalue weighted by Crippen LogP contribution is -2.32. The van der Waals surface area contributed by atoms with Gasteiger partial charge in [-0.05, 0) is 12.5 Å². The van der Waals surface area contributed by atoms with Gasteiger partial charge in [-0.15, -0.1) is 0 Å². The Kier molecular flexibility index (Phi) is 3.01. The zero-order valence-electron chi connectivity index (χ0n) is 13.5. The Balaban J connectivity index is 1.72. The third kappa shape index (κ3) is 2.04. The van der Waals surface area contributed by atoms with Crippen molar-refractivity contribution in [1.29, 1.82) is 0 Å². The van der Waals surface area contributed by atoms with Gasteiger partial charge in [0.2, 0.25) is 22.9 Å². The maximum absolute atomic E-state index is 12.6. The van der Waals surface area contributed by atoms with E-state index in [0.29, 0.717) is 47.4 Å². The van der Waals surface area contributed by atoms with Crippen molar-refractivity contribution >= 4 is 16.6 Å². The van der Waals surface area contributed by atoms with E-state index in [1.807, 2.05) is 22.6 Å². The second kappa shape index (κ2) is 5.25. The number of hydrogen-bond acceptors (Lipinski definition) is 6. The van der Waals surface area contributed by atoms with E-state index in [9.17, 15) is 5.21 Å². The molecule has 0 bridgehead atoms. The summed E-state index contributed by atoms with van der Waals surface area (Å²) in [5, 5.41) is 16.7. The number of benzene rings is 1. The van der Waals surface area contributed by atoms with Crippen LogP contribution in [0, 0.1) is 12.1 Å². The van der Waals surface area contributed by atoms with Gasteiger partial charge in [-0.25, -0.2) is 4.98 Å². The molecule has 0 radical (unpaired) electrons. The number of hydrogen-bond donors (Lipinski definition) is 0. The van der Waals surface area contributed by atoms with E-state index in [0.717, 1.165) is 16.7 Å². The fourth-order valence-electron chi connectivity index (χ4n) is 3.38. The van der Waals surface area contributed by atoms with Gasteiger partial charge in [0.15, 0.2) is 0 Å². The van der Waals surface area contributed by atoms with Crippen molar-refractivity contribution in [3.63, 3.8) is 0 Å². The maximum atomic E-state index is 12.6. The summed E-state index contributed by atoms with van der Waals surface area (Å²) in [5.74, 6) is 1.08. The van der Waals surface area contributed by atoms with Crippen molar-refractivity contribution in [2.75, 3.05) is 13.2 Å². The van der Waals surface area contributed by atoms with E-state index in [2.05, 4.69) is 15.1 Å². The van der Waals surface area contributed by atoms with E-state index in [-0.39, 0.29) is 5.92 Å². The molecule has 8 nitrogen and oxygen atoms in total. The summed E-state index contributed by atoms with van der Waals surface area (Å²) < 4.78 is 13.6. The Bertz CT molecular complexity index is 1090. The van der Waals surface area contributed by atoms with Crippen LogP contribution in [0.1, 0.15) is 23.9 Å². The predicted octanol–water partition coefficient (Wildman–Crippen LogP) is 1.98. The highest BCUT2D eigenvalue weighted by molar-refractivity contribution is 5.82. The number of imidazole rings is 1. The molecule has 1 unspecified atom stereocenters. The summed E-state index contributed by atoms with van der Waals surface area (Å²) in [4.78, 5) is 8.94. The van der Waals surface area contributed by atoms with Crippen LogP contribution in [0.5, 0.6) is 0 Å². The lowest BCUT2D eigenvalue weighted by molar-refractivity contribution is -0.583. The van der Waals surface area contributed by atoms with Crippen LogP contribution in [-0.4, -0.2) is 32.7 Å². The molecule has 3 aromatic heterocycles. The zero-order chi connectivity index (χ0) is 17.0. The minimum atomic E-state index is 0.126. The molecular formula is C17H15N5O3. The summed E-state index contributed by atoms with van der Waals surface area (Å²) >= 11 is 0. The molecule has 1 saturated heterocycles. The van der Waals surface area contributed by atoms with E-state index in [1.165, 1.54) is 0 Å². The monoisotopic (exact) mass is 337 g/mol. The summed E-state index contributed by atoms with van der Waals surface area (Å²) in [5.41, 5.74) is 3.14. The summed E-state index contributed by atoms with van der Waals surface area (Å²) in [7, 11) is 0. The van der Waals surface area contributed by atoms with E-state index in [1.54, 1.807) is 19.3 Å². The Labute approximate surface area is 142 Å². The lowest BCUT2D eigenvalue weighted by atomic mass is 10.1. The molecule has 5 rings (SSSR count). The highest BCUT2D eigenvalue weighted by Gasteiger charge is 2.27. The minimum absolute atomic E-state index is 0.126. The molecule has 1 aliphatic rings. The summed E-state index contributed by atoms with van der Waals surface area (Å²) in [6, 6.07) is 7.42. The zero-order valence-corrected chi connectivity index (χ0v) is 13.5. The van der Waals surface area contributed by atoms with Gasteiger partial charge in [-0.2, -0.15) is 9.71 Å². The second-order valence-electron chi connectivity index (χ2n) is 6.20. The number of fused-ring (bicyclic) bond motifs is 3. The van der Waals surface area contributed by atoms with Crippen molar-refractivity contribution in [2.45, 2.75) is 19.3 Å². The Morgan fingerprint density at radius 2 is 2.20 bits per heavy atom. The predicted molar refractivity (Wildman–Crippen MR) is 87.9 cm³/mol. The number of rotatable bonds is 2. The molecule has 0 aliphatic carbocycles. The molecule has 0 spiro atoms. The highest BCUT2D eigenvalue weighted by atomic mass is 16.5. The van der Waals surface area contributed by atoms with Crippen LogP contribution in [0.15, 0.2) is 35.1 Å². The number of ether oxygens (including phenoxy) is 1. The van der Waals surface area contributed by atoms with Crippen LogP contribution >= 0.6 is 0 Å². The number of aryl methyl sites for hydroxylation is 1. The van der Waals surface area contributed by atoms with Crippen LogP contribution in [0.2, 0.25) is 0 Å². The average molecular weight is 337 g/mol. The third-order valence-corrected chi connectivity index (χ3v) is 4.71. The maximum Gasteiger partial charge on any atom is 0.241 e. The Morgan fingerprint density at radius 3 is 3.04 bits per heavy atom. The molecule has 4 heterocycles. The molecule has 4 aromatic rings.